The lowest BCUT2D eigenvalue weighted by Crippen LogP contribution is -1.98. The zero-order valence-corrected chi connectivity index (χ0v) is 7.45. The largest absolute Gasteiger partial charge is 0.485 e. The average molecular weight is 188 g/mol. The van der Waals surface area contributed by atoms with Crippen molar-refractivity contribution >= 4 is 5.78 Å². The molecule has 0 bridgehead atoms. The molecule has 0 fully saturated rings. The molecule has 0 radical (unpaired) electrons. The SMILES string of the molecule is C#CCOc1ccc2c(c1)OCC2=O. The fraction of sp³-hybridized carbons (Fsp3) is 0.182. The van der Waals surface area contributed by atoms with E-state index in [9.17, 15) is 4.79 Å². The number of ether oxygens (including phenoxy) is 2. The van der Waals surface area contributed by atoms with Crippen LogP contribution in [0.5, 0.6) is 11.5 Å². The minimum Gasteiger partial charge on any atom is -0.485 e. The van der Waals surface area contributed by atoms with Crippen LogP contribution in [0, 0.1) is 12.3 Å². The monoisotopic (exact) mass is 188 g/mol. The molecule has 1 aromatic carbocycles. The number of terminal acetylenes is 1. The van der Waals surface area contributed by atoms with Crippen LogP contribution in [0.4, 0.5) is 0 Å². The maximum atomic E-state index is 11.2. The Labute approximate surface area is 81.6 Å². The minimum absolute atomic E-state index is 0.00324. The zero-order chi connectivity index (χ0) is 9.97. The normalized spacial score (nSPS) is 12.9. The molecule has 0 aromatic heterocycles. The quantitative estimate of drug-likeness (QED) is 0.656. The summed E-state index contributed by atoms with van der Waals surface area (Å²) in [6.07, 6.45) is 5.05. The summed E-state index contributed by atoms with van der Waals surface area (Å²) in [6, 6.07) is 5.08. The molecule has 1 heterocycles. The van der Waals surface area contributed by atoms with Crippen molar-refractivity contribution in [2.45, 2.75) is 0 Å². The maximum Gasteiger partial charge on any atom is 0.203 e. The molecule has 70 valence electrons. The van der Waals surface area contributed by atoms with Crippen LogP contribution in [0.2, 0.25) is 0 Å². The van der Waals surface area contributed by atoms with Crippen LogP contribution in [0.1, 0.15) is 10.4 Å². The standard InChI is InChI=1S/C11H8O3/c1-2-5-13-8-3-4-9-10(12)7-14-11(9)6-8/h1,3-4,6H,5,7H2. The van der Waals surface area contributed by atoms with Crippen LogP contribution in [0.3, 0.4) is 0 Å². The van der Waals surface area contributed by atoms with Gasteiger partial charge in [-0.3, -0.25) is 4.79 Å². The fourth-order valence-corrected chi connectivity index (χ4v) is 1.29. The summed E-state index contributed by atoms with van der Waals surface area (Å²) in [5, 5.41) is 0. The molecule has 2 rings (SSSR count). The Bertz CT molecular complexity index is 415. The molecule has 14 heavy (non-hydrogen) atoms. The van der Waals surface area contributed by atoms with Crippen molar-refractivity contribution in [1.29, 1.82) is 0 Å². The number of ketones is 1. The van der Waals surface area contributed by atoms with Gasteiger partial charge in [0.1, 0.15) is 18.1 Å². The molecule has 1 aliphatic heterocycles. The van der Waals surface area contributed by atoms with Gasteiger partial charge in [-0.25, -0.2) is 0 Å². The number of hydrogen-bond donors (Lipinski definition) is 0. The van der Waals surface area contributed by atoms with Gasteiger partial charge >= 0.3 is 0 Å². The first-order valence-electron chi connectivity index (χ1n) is 4.17. The summed E-state index contributed by atoms with van der Waals surface area (Å²) in [7, 11) is 0. The molecule has 0 aliphatic carbocycles. The average Bonchev–Trinajstić information content (AvgIpc) is 2.57. The third kappa shape index (κ3) is 1.42. The Kier molecular flexibility index (Phi) is 2.11. The predicted octanol–water partition coefficient (Wildman–Crippen LogP) is 1.27. The van der Waals surface area contributed by atoms with E-state index in [0.29, 0.717) is 17.1 Å². The highest BCUT2D eigenvalue weighted by molar-refractivity contribution is 6.02. The number of benzene rings is 1. The first-order valence-corrected chi connectivity index (χ1v) is 4.17. The highest BCUT2D eigenvalue weighted by atomic mass is 16.5. The van der Waals surface area contributed by atoms with Crippen LogP contribution >= 0.6 is 0 Å². The molecular weight excluding hydrogens is 180 g/mol. The van der Waals surface area contributed by atoms with Crippen molar-refractivity contribution < 1.29 is 14.3 Å². The second kappa shape index (κ2) is 3.43. The molecule has 0 spiro atoms. The van der Waals surface area contributed by atoms with Gasteiger partial charge in [-0.1, -0.05) is 5.92 Å². The topological polar surface area (TPSA) is 35.5 Å². The lowest BCUT2D eigenvalue weighted by molar-refractivity contribution is 0.0961. The first-order chi connectivity index (χ1) is 6.81. The molecule has 1 aromatic rings. The van der Waals surface area contributed by atoms with E-state index in [4.69, 9.17) is 15.9 Å². The number of hydrogen-bond acceptors (Lipinski definition) is 3. The summed E-state index contributed by atoms with van der Waals surface area (Å²) in [5.74, 6) is 3.56. The molecule has 0 saturated heterocycles. The molecule has 1 aliphatic rings. The van der Waals surface area contributed by atoms with Crippen molar-refractivity contribution in [3.05, 3.63) is 23.8 Å². The van der Waals surface area contributed by atoms with Crippen molar-refractivity contribution in [2.75, 3.05) is 13.2 Å². The lowest BCUT2D eigenvalue weighted by atomic mass is 10.1. The molecule has 0 amide bonds. The van der Waals surface area contributed by atoms with Gasteiger partial charge in [0.15, 0.2) is 6.61 Å². The summed E-state index contributed by atoms with van der Waals surface area (Å²) < 4.78 is 10.3. The second-order valence-corrected chi connectivity index (χ2v) is 2.86. The van der Waals surface area contributed by atoms with Crippen molar-refractivity contribution in [2.24, 2.45) is 0 Å². The van der Waals surface area contributed by atoms with E-state index in [0.717, 1.165) is 0 Å². The first kappa shape index (κ1) is 8.64. The van der Waals surface area contributed by atoms with Crippen LogP contribution in [-0.2, 0) is 0 Å². The molecule has 0 N–H and O–H groups in total. The smallest absolute Gasteiger partial charge is 0.203 e. The van der Waals surface area contributed by atoms with E-state index in [1.54, 1.807) is 18.2 Å². The van der Waals surface area contributed by atoms with Gasteiger partial charge in [0, 0.05) is 6.07 Å². The van der Waals surface area contributed by atoms with Gasteiger partial charge in [-0.05, 0) is 12.1 Å². The second-order valence-electron chi connectivity index (χ2n) is 2.86. The Morgan fingerprint density at radius 2 is 2.43 bits per heavy atom. The van der Waals surface area contributed by atoms with Gasteiger partial charge in [-0.2, -0.15) is 0 Å². The summed E-state index contributed by atoms with van der Waals surface area (Å²) in [6.45, 7) is 0.334. The molecular formula is C11H8O3. The van der Waals surface area contributed by atoms with E-state index < -0.39 is 0 Å². The lowest BCUT2D eigenvalue weighted by Gasteiger charge is -2.03. The maximum absolute atomic E-state index is 11.2. The van der Waals surface area contributed by atoms with Gasteiger partial charge in [0.05, 0.1) is 5.56 Å². The van der Waals surface area contributed by atoms with Crippen LogP contribution in [0.15, 0.2) is 18.2 Å². The summed E-state index contributed by atoms with van der Waals surface area (Å²) in [4.78, 5) is 11.2. The van der Waals surface area contributed by atoms with E-state index in [-0.39, 0.29) is 19.0 Å². The number of rotatable bonds is 2. The van der Waals surface area contributed by atoms with Crippen molar-refractivity contribution in [3.8, 4) is 23.8 Å². The van der Waals surface area contributed by atoms with E-state index in [2.05, 4.69) is 5.92 Å². The van der Waals surface area contributed by atoms with Gasteiger partial charge in [0.2, 0.25) is 5.78 Å². The summed E-state index contributed by atoms with van der Waals surface area (Å²) in [5.41, 5.74) is 0.609. The van der Waals surface area contributed by atoms with Crippen LogP contribution < -0.4 is 9.47 Å². The van der Waals surface area contributed by atoms with Gasteiger partial charge in [-0.15, -0.1) is 6.42 Å². The molecule has 3 heteroatoms. The molecule has 0 atom stereocenters. The fourth-order valence-electron chi connectivity index (χ4n) is 1.29. The number of carbonyl (C=O) groups excluding carboxylic acids is 1. The van der Waals surface area contributed by atoms with Crippen molar-refractivity contribution in [3.63, 3.8) is 0 Å². The van der Waals surface area contributed by atoms with E-state index >= 15 is 0 Å². The highest BCUT2D eigenvalue weighted by Gasteiger charge is 2.20. The number of carbonyl (C=O) groups is 1. The van der Waals surface area contributed by atoms with Gasteiger partial charge < -0.3 is 9.47 Å². The Balaban J connectivity index is 2.25. The Hall–Kier alpha value is -1.95. The van der Waals surface area contributed by atoms with Crippen LogP contribution in [-0.4, -0.2) is 19.0 Å². The molecule has 3 nitrogen and oxygen atoms in total. The third-order valence-electron chi connectivity index (χ3n) is 1.93. The molecule has 0 unspecified atom stereocenters. The van der Waals surface area contributed by atoms with E-state index in [1.807, 2.05) is 0 Å². The third-order valence-corrected chi connectivity index (χ3v) is 1.93. The van der Waals surface area contributed by atoms with Gasteiger partial charge in [0.25, 0.3) is 0 Å². The van der Waals surface area contributed by atoms with Crippen molar-refractivity contribution in [1.82, 2.24) is 0 Å². The van der Waals surface area contributed by atoms with E-state index in [1.165, 1.54) is 0 Å². The summed E-state index contributed by atoms with van der Waals surface area (Å²) >= 11 is 0. The zero-order valence-electron chi connectivity index (χ0n) is 7.45. The number of fused-ring (bicyclic) bond motifs is 1. The predicted molar refractivity (Wildman–Crippen MR) is 50.6 cm³/mol. The Morgan fingerprint density at radius 3 is 3.21 bits per heavy atom. The van der Waals surface area contributed by atoms with Crippen LogP contribution in [0.25, 0.3) is 0 Å². The molecule has 0 saturated carbocycles. The minimum atomic E-state index is 0.00324. The Morgan fingerprint density at radius 1 is 1.57 bits per heavy atom. The number of Topliss-reactive ketones (excluding diaryl/α,β-unsaturated/α-hetero) is 1. The highest BCUT2D eigenvalue weighted by Crippen LogP contribution is 2.29.